The molecule has 0 aromatic rings. The molecule has 0 aromatic carbocycles. The van der Waals surface area contributed by atoms with Gasteiger partial charge in [0.2, 0.25) is 0 Å². The largest absolute Gasteiger partial charge is 1.00 e. The number of ether oxygens (including phenoxy) is 5. The minimum atomic E-state index is -1.42. The molecule has 7 fully saturated rings. The standard InChI is InChI=1S/C29H48O5.C29H50O5.Al.Li.4H/c1-20(8-6-14-27(2,3)34-19-32-5)23-12-13-24-22(9-7-15-28(23,24)4)11-10-21-16-25(30)29(18-33-29)26(31)17-21;1-20(9-7-15-27(2,3)34-19-33-6)23-13-14-24-22(10-8-16-28(23,24)4)12-11-21-17-25(30)29(5,32)26(31)18-21;;;;;;/h10-11,20,23-26,30-31H,6-9,12-19H2,1-5H3;11-12,20,23-26,30-32H,7-10,13-19H2,1-6H3;;;;;;/q;;;+1;;;;-1/b21-10?,22-11+;21-11?,22-12+;;;;;;/t2*20-,23?,24?,25-,26-,28?,29?;;;;;;/m11....../s1. The smallest absolute Gasteiger partial charge is 1.00 e. The summed E-state index contributed by atoms with van der Waals surface area (Å²) < 4.78 is 27.2. The zero-order valence-corrected chi connectivity index (χ0v) is 45.6. The number of aliphatic hydroxyl groups is 5. The van der Waals surface area contributed by atoms with Crippen molar-refractivity contribution in [1.82, 2.24) is 0 Å². The number of allylic oxidation sites excluding steroid dienone is 6. The first-order valence-electron chi connectivity index (χ1n) is 27.1. The van der Waals surface area contributed by atoms with Crippen LogP contribution in [0, 0.1) is 46.3 Å². The van der Waals surface area contributed by atoms with Crippen LogP contribution in [0.5, 0.6) is 0 Å². The van der Waals surface area contributed by atoms with Crippen molar-refractivity contribution in [3.8, 4) is 0 Å². The summed E-state index contributed by atoms with van der Waals surface area (Å²) in [6.45, 7) is 21.4. The van der Waals surface area contributed by atoms with Gasteiger partial charge in [-0.1, -0.05) is 100.0 Å². The Morgan fingerprint density at radius 2 is 1.01 bits per heavy atom. The molecule has 70 heavy (non-hydrogen) atoms. The fourth-order valence-corrected chi connectivity index (χ4v) is 14.7. The third-order valence-corrected chi connectivity index (χ3v) is 19.3. The summed E-state index contributed by atoms with van der Waals surface area (Å²) in [4.78, 5) is 0. The maximum atomic E-state index is 10.5. The van der Waals surface area contributed by atoms with E-state index in [4.69, 9.17) is 23.7 Å². The van der Waals surface area contributed by atoms with Gasteiger partial charge in [0.05, 0.1) is 42.2 Å². The number of epoxide rings is 1. The molecule has 0 radical (unpaired) electrons. The Morgan fingerprint density at radius 3 is 1.37 bits per heavy atom. The molecule has 6 saturated carbocycles. The second kappa shape index (κ2) is 26.2. The van der Waals surface area contributed by atoms with Crippen LogP contribution in [0.2, 0.25) is 0 Å². The second-order valence-electron chi connectivity index (χ2n) is 25.0. The molecule has 0 amide bonds. The molecule has 1 aliphatic heterocycles. The van der Waals surface area contributed by atoms with E-state index in [1.807, 2.05) is 0 Å². The van der Waals surface area contributed by atoms with Crippen molar-refractivity contribution in [2.75, 3.05) is 34.4 Å². The maximum Gasteiger partial charge on any atom is 1.00 e. The number of hydrogen-bond donors (Lipinski definition) is 5. The minimum Gasteiger partial charge on any atom is -1.00 e. The first kappa shape index (κ1) is 62.2. The number of methoxy groups -OCH3 is 2. The summed E-state index contributed by atoms with van der Waals surface area (Å²) in [6.07, 6.45) is 27.8. The minimum absolute atomic E-state index is 0. The van der Waals surface area contributed by atoms with Crippen molar-refractivity contribution in [2.24, 2.45) is 46.3 Å². The summed E-state index contributed by atoms with van der Waals surface area (Å²) in [6, 6.07) is 0. The summed E-state index contributed by atoms with van der Waals surface area (Å²) in [5.41, 5.74) is 3.72. The first-order chi connectivity index (χ1) is 32.0. The van der Waals surface area contributed by atoms with Crippen LogP contribution in [-0.4, -0.2) is 124 Å². The molecular weight excluding hydrogens is 891 g/mol. The Kier molecular flexibility index (Phi) is 23.3. The van der Waals surface area contributed by atoms with Gasteiger partial charge in [0.1, 0.15) is 24.8 Å². The van der Waals surface area contributed by atoms with Crippen molar-refractivity contribution in [1.29, 1.82) is 0 Å². The van der Waals surface area contributed by atoms with E-state index in [0.29, 0.717) is 74.5 Å². The molecule has 1 heterocycles. The normalized spacial score (nSPS) is 38.2. The zero-order chi connectivity index (χ0) is 49.7. The average Bonchev–Trinajstić information content (AvgIpc) is 3.89. The topological polar surface area (TPSA) is 151 Å². The van der Waals surface area contributed by atoms with E-state index in [9.17, 15) is 25.5 Å². The van der Waals surface area contributed by atoms with Gasteiger partial charge in [0, 0.05) is 14.2 Å². The third-order valence-electron chi connectivity index (χ3n) is 19.3. The molecule has 7 rings (SSSR count). The molecule has 0 aromatic heterocycles. The van der Waals surface area contributed by atoms with Crippen molar-refractivity contribution >= 4 is 17.4 Å². The van der Waals surface area contributed by atoms with E-state index in [1.165, 1.54) is 90.4 Å². The van der Waals surface area contributed by atoms with E-state index >= 15 is 0 Å². The molecule has 1 spiro atoms. The van der Waals surface area contributed by atoms with Gasteiger partial charge < -0.3 is 50.6 Å². The van der Waals surface area contributed by atoms with Gasteiger partial charge in [0.15, 0.2) is 17.4 Å². The molecule has 398 valence electrons. The van der Waals surface area contributed by atoms with Crippen LogP contribution >= 0.6 is 0 Å². The molecule has 12 heteroatoms. The number of aliphatic hydroxyl groups excluding tert-OH is 4. The SMILES string of the molecule is COCOC(C)(C)CCC[C@@H](C)C1CCC2/C(=C/C=C3C[C@@H](O)C(C)(O)[C@H](O)C3)CCCC21C.COCOC(C)(C)CCC[C@@H](C)C1CCC2/C(=C/C=C3C[C@@H](O)C4(CO4)[C@H](O)C3)CCCC21C.[AlH3].[H-].[Li+]. The van der Waals surface area contributed by atoms with E-state index in [1.54, 1.807) is 25.4 Å². The Hall–Kier alpha value is -0.310. The van der Waals surface area contributed by atoms with Crippen LogP contribution in [-0.2, 0) is 23.7 Å². The van der Waals surface area contributed by atoms with Crippen LogP contribution in [0.1, 0.15) is 192 Å². The zero-order valence-electron chi connectivity index (χ0n) is 46.6. The van der Waals surface area contributed by atoms with E-state index in [-0.39, 0.29) is 48.9 Å². The van der Waals surface area contributed by atoms with Crippen molar-refractivity contribution < 1.29 is 69.5 Å². The summed E-state index contributed by atoms with van der Waals surface area (Å²) in [5.74, 6) is 4.27. The molecule has 10 nitrogen and oxygen atoms in total. The second-order valence-corrected chi connectivity index (χ2v) is 25.0. The Labute approximate surface area is 449 Å². The predicted octanol–water partition coefficient (Wildman–Crippen LogP) is 7.01. The Bertz CT molecular complexity index is 1630. The predicted molar refractivity (Wildman–Crippen MR) is 282 cm³/mol. The summed E-state index contributed by atoms with van der Waals surface area (Å²) in [7, 11) is 3.35. The quantitative estimate of drug-likeness (QED) is 0.0552. The van der Waals surface area contributed by atoms with Crippen LogP contribution in [0.15, 0.2) is 46.6 Å². The molecule has 7 aliphatic rings. The first-order valence-corrected chi connectivity index (χ1v) is 27.1. The molecule has 6 aliphatic carbocycles. The molecule has 6 unspecified atom stereocenters. The van der Waals surface area contributed by atoms with Crippen LogP contribution in [0.4, 0.5) is 0 Å². The molecular formula is C58H102AlLiO10. The third kappa shape index (κ3) is 14.8. The van der Waals surface area contributed by atoms with Gasteiger partial charge in [-0.3, -0.25) is 0 Å². The van der Waals surface area contributed by atoms with Gasteiger partial charge in [-0.05, 0) is 184 Å². The van der Waals surface area contributed by atoms with Crippen molar-refractivity contribution in [3.63, 3.8) is 0 Å². The summed E-state index contributed by atoms with van der Waals surface area (Å²) in [5, 5.41) is 51.8. The van der Waals surface area contributed by atoms with Crippen LogP contribution in [0.25, 0.3) is 0 Å². The Balaban J connectivity index is 0.000000360. The fraction of sp³-hybridized carbons (Fsp3) is 0.862. The van der Waals surface area contributed by atoms with Gasteiger partial charge in [-0.15, -0.1) is 0 Å². The van der Waals surface area contributed by atoms with Crippen LogP contribution in [0.3, 0.4) is 0 Å². The maximum absolute atomic E-state index is 10.5. The van der Waals surface area contributed by atoms with Gasteiger partial charge in [-0.2, -0.15) is 0 Å². The van der Waals surface area contributed by atoms with Gasteiger partial charge in [-0.25, -0.2) is 0 Å². The Morgan fingerprint density at radius 1 is 0.643 bits per heavy atom. The average molecular weight is 993 g/mol. The number of fused-ring (bicyclic) bond motifs is 2. The fourth-order valence-electron chi connectivity index (χ4n) is 14.7. The van der Waals surface area contributed by atoms with E-state index in [2.05, 4.69) is 79.7 Å². The van der Waals surface area contributed by atoms with E-state index in [0.717, 1.165) is 48.2 Å². The van der Waals surface area contributed by atoms with Crippen molar-refractivity contribution in [3.05, 3.63) is 46.6 Å². The molecule has 5 N–H and O–H groups in total. The van der Waals surface area contributed by atoms with Crippen molar-refractivity contribution in [2.45, 2.75) is 238 Å². The summed E-state index contributed by atoms with van der Waals surface area (Å²) >= 11 is 0. The number of hydrogen-bond acceptors (Lipinski definition) is 10. The molecule has 12 atom stereocenters. The number of rotatable bonds is 18. The molecule has 1 saturated heterocycles. The van der Waals surface area contributed by atoms with Gasteiger partial charge in [0.25, 0.3) is 0 Å². The van der Waals surface area contributed by atoms with E-state index < -0.39 is 35.6 Å². The monoisotopic (exact) mass is 993 g/mol. The van der Waals surface area contributed by atoms with Crippen LogP contribution < -0.4 is 18.9 Å². The van der Waals surface area contributed by atoms with Gasteiger partial charge >= 0.3 is 18.9 Å². The molecule has 0 bridgehead atoms.